The molecule has 3 aliphatic rings. The van der Waals surface area contributed by atoms with E-state index < -0.39 is 29.0 Å². The van der Waals surface area contributed by atoms with Gasteiger partial charge in [0.15, 0.2) is 6.61 Å². The maximum atomic E-state index is 12.6. The van der Waals surface area contributed by atoms with Crippen LogP contribution in [0.5, 0.6) is 0 Å². The van der Waals surface area contributed by atoms with Crippen LogP contribution >= 0.6 is 11.6 Å². The second kappa shape index (κ2) is 7.79. The van der Waals surface area contributed by atoms with Crippen LogP contribution in [0, 0.1) is 33.8 Å². The lowest BCUT2D eigenvalue weighted by atomic mass is 9.81. The average molecular weight is 435 g/mol. The Hall–Kier alpha value is -2.81. The summed E-state index contributed by atoms with van der Waals surface area (Å²) >= 11 is 5.71. The van der Waals surface area contributed by atoms with Gasteiger partial charge in [0.25, 0.3) is 5.69 Å². The SMILES string of the molecule is O=C(CCN1C(=O)[C@@H]2[C@H]3CC[C@@H](C3)[C@H]2C1=O)OCC(=O)c1ccc(Cl)c([N+](=O)[O-])c1. The van der Waals surface area contributed by atoms with Crippen molar-refractivity contribution in [2.24, 2.45) is 23.7 Å². The minimum absolute atomic E-state index is 0.00732. The number of carbonyl (C=O) groups excluding carboxylic acids is 4. The Kier molecular flexibility index (Phi) is 5.31. The minimum Gasteiger partial charge on any atom is -0.457 e. The number of amides is 2. The van der Waals surface area contributed by atoms with Crippen molar-refractivity contribution < 1.29 is 28.8 Å². The molecule has 0 aromatic heterocycles. The molecular formula is C20H19ClN2O7. The number of rotatable bonds is 7. The van der Waals surface area contributed by atoms with Gasteiger partial charge in [-0.3, -0.25) is 34.2 Å². The number of imide groups is 1. The lowest BCUT2D eigenvalue weighted by molar-refractivity contribution is -0.384. The first-order valence-corrected chi connectivity index (χ1v) is 10.1. The summed E-state index contributed by atoms with van der Waals surface area (Å²) in [4.78, 5) is 60.7. The number of ether oxygens (including phenoxy) is 1. The maximum absolute atomic E-state index is 12.6. The van der Waals surface area contributed by atoms with E-state index in [1.54, 1.807) is 0 Å². The number of likely N-dealkylation sites (tertiary alicyclic amines) is 1. The normalized spacial score (nSPS) is 26.8. The third-order valence-electron chi connectivity index (χ3n) is 6.39. The van der Waals surface area contributed by atoms with Crippen LogP contribution in [0.2, 0.25) is 5.02 Å². The number of esters is 1. The zero-order chi connectivity index (χ0) is 21.6. The van der Waals surface area contributed by atoms with Gasteiger partial charge in [0.05, 0.1) is 23.2 Å². The molecule has 2 amide bonds. The highest BCUT2D eigenvalue weighted by Crippen LogP contribution is 2.56. The number of Topliss-reactive ketones (excluding diaryl/α,β-unsaturated/α-hetero) is 1. The fraction of sp³-hybridized carbons (Fsp3) is 0.500. The van der Waals surface area contributed by atoms with E-state index in [9.17, 15) is 29.3 Å². The first-order valence-electron chi connectivity index (χ1n) is 9.76. The first-order chi connectivity index (χ1) is 14.3. The number of nitro groups is 1. The lowest BCUT2D eigenvalue weighted by Crippen LogP contribution is -2.35. The molecule has 158 valence electrons. The summed E-state index contributed by atoms with van der Waals surface area (Å²) in [6.07, 6.45) is 2.69. The summed E-state index contributed by atoms with van der Waals surface area (Å²) in [5.41, 5.74) is -0.425. The molecule has 0 N–H and O–H groups in total. The van der Waals surface area contributed by atoms with E-state index in [-0.39, 0.29) is 59.0 Å². The van der Waals surface area contributed by atoms with Crippen molar-refractivity contribution >= 4 is 40.9 Å². The van der Waals surface area contributed by atoms with Crippen LogP contribution < -0.4 is 0 Å². The fourth-order valence-corrected chi connectivity index (χ4v) is 5.21. The predicted octanol–water partition coefficient (Wildman–Crippen LogP) is 2.40. The van der Waals surface area contributed by atoms with Gasteiger partial charge < -0.3 is 4.74 Å². The zero-order valence-corrected chi connectivity index (χ0v) is 16.7. The van der Waals surface area contributed by atoms with E-state index in [2.05, 4.69) is 0 Å². The largest absolute Gasteiger partial charge is 0.457 e. The van der Waals surface area contributed by atoms with Gasteiger partial charge in [-0.15, -0.1) is 0 Å². The molecular weight excluding hydrogens is 416 g/mol. The third-order valence-corrected chi connectivity index (χ3v) is 6.71. The highest BCUT2D eigenvalue weighted by Gasteiger charge is 2.60. The number of hydrogen-bond donors (Lipinski definition) is 0. The van der Waals surface area contributed by atoms with Crippen LogP contribution in [0.4, 0.5) is 5.69 Å². The standard InChI is InChI=1S/C20H19ClN2O7/c21-13-4-3-10(8-14(13)23(28)29)15(24)9-30-16(25)5-6-22-19(26)17-11-1-2-12(7-11)18(17)20(22)27/h3-4,8,11-12,17-18H,1-2,5-7,9H2/t11-,12-,17+,18+/m0/s1. The van der Waals surface area contributed by atoms with Gasteiger partial charge in [-0.25, -0.2) is 0 Å². The summed E-state index contributed by atoms with van der Waals surface area (Å²) < 4.78 is 4.93. The number of carbonyl (C=O) groups is 4. The molecule has 2 aliphatic carbocycles. The number of hydrogen-bond acceptors (Lipinski definition) is 7. The molecule has 3 fully saturated rings. The van der Waals surface area contributed by atoms with Gasteiger partial charge in [-0.05, 0) is 43.2 Å². The number of fused-ring (bicyclic) bond motifs is 5. The fourth-order valence-electron chi connectivity index (χ4n) is 5.02. The third kappa shape index (κ3) is 3.47. The van der Waals surface area contributed by atoms with Crippen molar-refractivity contribution in [3.63, 3.8) is 0 Å². The lowest BCUT2D eigenvalue weighted by Gasteiger charge is -2.19. The summed E-state index contributed by atoms with van der Waals surface area (Å²) in [5.74, 6) is -1.69. The molecule has 0 spiro atoms. The molecule has 4 rings (SSSR count). The monoisotopic (exact) mass is 434 g/mol. The highest BCUT2D eigenvalue weighted by molar-refractivity contribution is 6.32. The van der Waals surface area contributed by atoms with Gasteiger partial charge in [0.2, 0.25) is 17.6 Å². The number of nitrogens with zero attached hydrogens (tertiary/aromatic N) is 2. The van der Waals surface area contributed by atoms with Crippen molar-refractivity contribution in [2.75, 3.05) is 13.2 Å². The van der Waals surface area contributed by atoms with Gasteiger partial charge in [0, 0.05) is 18.2 Å². The summed E-state index contributed by atoms with van der Waals surface area (Å²) in [6.45, 7) is -0.668. The summed E-state index contributed by atoms with van der Waals surface area (Å²) in [6, 6.07) is 3.55. The summed E-state index contributed by atoms with van der Waals surface area (Å²) in [5, 5.41) is 10.8. The molecule has 9 nitrogen and oxygen atoms in total. The summed E-state index contributed by atoms with van der Waals surface area (Å²) in [7, 11) is 0. The molecule has 2 bridgehead atoms. The maximum Gasteiger partial charge on any atom is 0.308 e. The van der Waals surface area contributed by atoms with Crippen molar-refractivity contribution in [1.29, 1.82) is 0 Å². The van der Waals surface area contributed by atoms with Crippen LogP contribution in [0.3, 0.4) is 0 Å². The van der Waals surface area contributed by atoms with Crippen LogP contribution in [0.25, 0.3) is 0 Å². The smallest absolute Gasteiger partial charge is 0.308 e. The van der Waals surface area contributed by atoms with E-state index in [0.717, 1.165) is 30.2 Å². The second-order valence-electron chi connectivity index (χ2n) is 7.97. The number of ketones is 1. The van der Waals surface area contributed by atoms with Crippen LogP contribution in [-0.2, 0) is 19.1 Å². The number of benzene rings is 1. The van der Waals surface area contributed by atoms with E-state index in [0.29, 0.717) is 0 Å². The second-order valence-corrected chi connectivity index (χ2v) is 8.38. The molecule has 10 heteroatoms. The zero-order valence-electron chi connectivity index (χ0n) is 15.9. The Bertz CT molecular complexity index is 934. The quantitative estimate of drug-likeness (QED) is 0.212. The Morgan fingerprint density at radius 1 is 1.17 bits per heavy atom. The first kappa shape index (κ1) is 20.5. The van der Waals surface area contributed by atoms with Crippen LogP contribution in [0.15, 0.2) is 18.2 Å². The molecule has 4 atom stereocenters. The number of halogens is 1. The van der Waals surface area contributed by atoms with Crippen molar-refractivity contribution in [2.45, 2.75) is 25.7 Å². The van der Waals surface area contributed by atoms with E-state index >= 15 is 0 Å². The van der Waals surface area contributed by atoms with E-state index in [4.69, 9.17) is 16.3 Å². The molecule has 2 saturated carbocycles. The average Bonchev–Trinajstić information content (AvgIpc) is 3.39. The van der Waals surface area contributed by atoms with Gasteiger partial charge >= 0.3 is 5.97 Å². The molecule has 1 saturated heterocycles. The van der Waals surface area contributed by atoms with Crippen molar-refractivity contribution in [3.8, 4) is 0 Å². The highest BCUT2D eigenvalue weighted by atomic mass is 35.5. The topological polar surface area (TPSA) is 124 Å². The Morgan fingerprint density at radius 3 is 2.40 bits per heavy atom. The van der Waals surface area contributed by atoms with Crippen molar-refractivity contribution in [3.05, 3.63) is 38.9 Å². The van der Waals surface area contributed by atoms with Crippen molar-refractivity contribution in [1.82, 2.24) is 4.90 Å². The molecule has 0 radical (unpaired) electrons. The molecule has 1 aromatic rings. The Labute approximate surface area is 176 Å². The molecule has 1 heterocycles. The molecule has 1 aromatic carbocycles. The van der Waals surface area contributed by atoms with Crippen LogP contribution in [0.1, 0.15) is 36.0 Å². The van der Waals surface area contributed by atoms with E-state index in [1.807, 2.05) is 0 Å². The van der Waals surface area contributed by atoms with Gasteiger partial charge in [0.1, 0.15) is 5.02 Å². The van der Waals surface area contributed by atoms with Crippen LogP contribution in [-0.4, -0.2) is 46.5 Å². The number of nitro benzene ring substituents is 1. The Morgan fingerprint density at radius 2 is 1.80 bits per heavy atom. The molecule has 1 aliphatic heterocycles. The molecule has 30 heavy (non-hydrogen) atoms. The van der Waals surface area contributed by atoms with Gasteiger partial charge in [-0.1, -0.05) is 11.6 Å². The van der Waals surface area contributed by atoms with E-state index in [1.165, 1.54) is 12.1 Å². The van der Waals surface area contributed by atoms with Gasteiger partial charge in [-0.2, -0.15) is 0 Å². The predicted molar refractivity (Wildman–Crippen MR) is 103 cm³/mol. The molecule has 0 unspecified atom stereocenters. The Balaban J connectivity index is 1.29. The minimum atomic E-state index is -0.729.